The molecule has 2 aromatic heterocycles. The van der Waals surface area contributed by atoms with Crippen LogP contribution < -0.4 is 5.32 Å². The second-order valence-electron chi connectivity index (χ2n) is 6.29. The number of hydrogen-bond acceptors (Lipinski definition) is 5. The summed E-state index contributed by atoms with van der Waals surface area (Å²) in [5.74, 6) is 1.46. The lowest BCUT2D eigenvalue weighted by atomic mass is 10.1. The molecule has 0 bridgehead atoms. The number of halogens is 1. The van der Waals surface area contributed by atoms with Crippen molar-refractivity contribution in [2.45, 2.75) is 0 Å². The Bertz CT molecular complexity index is 1030. The van der Waals surface area contributed by atoms with Crippen LogP contribution in [0.5, 0.6) is 0 Å². The van der Waals surface area contributed by atoms with Gasteiger partial charge in [-0.3, -0.25) is 0 Å². The van der Waals surface area contributed by atoms with Gasteiger partial charge in [0.1, 0.15) is 5.52 Å². The van der Waals surface area contributed by atoms with Gasteiger partial charge in [-0.2, -0.15) is 0 Å². The monoisotopic (exact) mass is 412 g/mol. The van der Waals surface area contributed by atoms with Crippen molar-refractivity contribution >= 4 is 44.7 Å². The van der Waals surface area contributed by atoms with Gasteiger partial charge in [0.2, 0.25) is 0 Å². The van der Waals surface area contributed by atoms with Crippen molar-refractivity contribution in [1.82, 2.24) is 24.8 Å². The molecule has 0 saturated heterocycles. The highest BCUT2D eigenvalue weighted by Crippen LogP contribution is 2.25. The topological polar surface area (TPSA) is 69.7 Å². The van der Waals surface area contributed by atoms with Crippen LogP contribution in [-0.4, -0.2) is 52.0 Å². The highest BCUT2D eigenvalue weighted by atomic mass is 79.9. The summed E-state index contributed by atoms with van der Waals surface area (Å²) in [5, 5.41) is 5.77. The van der Waals surface area contributed by atoms with E-state index in [9.17, 15) is 0 Å². The lowest BCUT2D eigenvalue weighted by molar-refractivity contribution is 0.425. The summed E-state index contributed by atoms with van der Waals surface area (Å²) in [6.07, 6.45) is 1.65. The zero-order valence-electron chi connectivity index (χ0n) is 14.7. The first-order chi connectivity index (χ1) is 12.2. The molecule has 7 heteroatoms. The number of H-pyrrole nitrogens is 1. The van der Waals surface area contributed by atoms with Crippen molar-refractivity contribution in [3.05, 3.63) is 48.8 Å². The average Bonchev–Trinajstić information content (AvgIpc) is 3.09. The molecule has 0 atom stereocenters. The van der Waals surface area contributed by atoms with Crippen molar-refractivity contribution in [2.24, 2.45) is 0 Å². The van der Waals surface area contributed by atoms with Crippen LogP contribution in [0.2, 0.25) is 0 Å². The van der Waals surface area contributed by atoms with Gasteiger partial charge >= 0.3 is 0 Å². The van der Waals surface area contributed by atoms with Gasteiger partial charge in [0, 0.05) is 18.7 Å². The molecule has 0 aliphatic rings. The molecule has 0 aliphatic carbocycles. The van der Waals surface area contributed by atoms with Crippen LogP contribution in [0.25, 0.3) is 33.3 Å². The molecule has 2 aromatic carbocycles. The Morgan fingerprint density at radius 3 is 2.65 bits per heavy atom. The normalized spacial score (nSPS) is 11.0. The Kier molecular flexibility index (Phi) is 5.49. The highest BCUT2D eigenvalue weighted by Gasteiger charge is 2.11. The van der Waals surface area contributed by atoms with Crippen molar-refractivity contribution in [2.75, 3.05) is 32.5 Å². The summed E-state index contributed by atoms with van der Waals surface area (Å²) in [6, 6.07) is 14.6. The van der Waals surface area contributed by atoms with E-state index in [1.165, 1.54) is 10.8 Å². The number of fused-ring (bicyclic) bond motifs is 2. The first-order valence-electron chi connectivity index (χ1n) is 8.29. The number of likely N-dealkylation sites (N-methyl/N-ethyl adjacent to an activating group) is 1. The van der Waals surface area contributed by atoms with Gasteiger partial charge in [0.25, 0.3) is 0 Å². The van der Waals surface area contributed by atoms with E-state index in [4.69, 9.17) is 4.98 Å². The number of rotatable bonds is 5. The van der Waals surface area contributed by atoms with E-state index in [0.29, 0.717) is 11.5 Å². The number of aromatic amines is 1. The van der Waals surface area contributed by atoms with Crippen LogP contribution in [0, 0.1) is 0 Å². The van der Waals surface area contributed by atoms with Gasteiger partial charge in [0.15, 0.2) is 17.3 Å². The van der Waals surface area contributed by atoms with E-state index < -0.39 is 0 Å². The van der Waals surface area contributed by atoms with Crippen LogP contribution in [0.15, 0.2) is 48.8 Å². The Morgan fingerprint density at radius 2 is 1.85 bits per heavy atom. The summed E-state index contributed by atoms with van der Waals surface area (Å²) in [4.78, 5) is 18.9. The first-order valence-corrected chi connectivity index (χ1v) is 8.29. The minimum absolute atomic E-state index is 0. The fraction of sp³-hybridized carbons (Fsp3) is 0.211. The van der Waals surface area contributed by atoms with Crippen LogP contribution in [0.3, 0.4) is 0 Å². The standard InChI is InChI=1S/C19H20N6.BrH/c1-25(2)10-9-20-18-16-19(22-12-21-16)24-17(23-18)15-8-7-13-5-3-4-6-14(13)11-15;/h3-8,11-12H,9-10H2,1-2H3,(H2,20,21,22,23,24);1H. The predicted molar refractivity (Wildman–Crippen MR) is 112 cm³/mol. The van der Waals surface area contributed by atoms with Crippen molar-refractivity contribution < 1.29 is 0 Å². The largest absolute Gasteiger partial charge is 0.367 e. The van der Waals surface area contributed by atoms with Crippen LogP contribution in [-0.2, 0) is 0 Å². The fourth-order valence-corrected chi connectivity index (χ4v) is 2.82. The van der Waals surface area contributed by atoms with E-state index >= 15 is 0 Å². The van der Waals surface area contributed by atoms with Crippen molar-refractivity contribution in [3.63, 3.8) is 0 Å². The Labute approximate surface area is 162 Å². The smallest absolute Gasteiger partial charge is 0.183 e. The lowest BCUT2D eigenvalue weighted by Crippen LogP contribution is -2.21. The van der Waals surface area contributed by atoms with Gasteiger partial charge in [-0.1, -0.05) is 36.4 Å². The lowest BCUT2D eigenvalue weighted by Gasteiger charge is -2.12. The molecule has 134 valence electrons. The number of hydrogen-bond donors (Lipinski definition) is 2. The first kappa shape index (κ1) is 18.3. The van der Waals surface area contributed by atoms with Gasteiger partial charge in [-0.15, -0.1) is 17.0 Å². The second-order valence-corrected chi connectivity index (χ2v) is 6.29. The molecule has 0 radical (unpaired) electrons. The molecule has 0 saturated carbocycles. The summed E-state index contributed by atoms with van der Waals surface area (Å²) in [5.41, 5.74) is 2.49. The molecule has 6 nitrogen and oxygen atoms in total. The Hall–Kier alpha value is -2.51. The molecular formula is C19H21BrN6. The fourth-order valence-electron chi connectivity index (χ4n) is 2.82. The molecule has 0 unspecified atom stereocenters. The van der Waals surface area contributed by atoms with Crippen molar-refractivity contribution in [3.8, 4) is 11.4 Å². The predicted octanol–water partition coefficient (Wildman–Crippen LogP) is 3.72. The number of aromatic nitrogens is 4. The van der Waals surface area contributed by atoms with E-state index in [0.717, 1.165) is 30.0 Å². The maximum atomic E-state index is 4.74. The number of nitrogens with zero attached hydrogens (tertiary/aromatic N) is 4. The van der Waals surface area contributed by atoms with E-state index in [1.54, 1.807) is 6.33 Å². The van der Waals surface area contributed by atoms with Crippen molar-refractivity contribution in [1.29, 1.82) is 0 Å². The zero-order chi connectivity index (χ0) is 17.2. The molecule has 0 amide bonds. The molecule has 4 aromatic rings. The maximum Gasteiger partial charge on any atom is 0.183 e. The molecule has 2 heterocycles. The zero-order valence-corrected chi connectivity index (χ0v) is 16.4. The molecule has 0 spiro atoms. The number of nitrogens with one attached hydrogen (secondary N) is 2. The molecule has 0 aliphatic heterocycles. The summed E-state index contributed by atoms with van der Waals surface area (Å²) >= 11 is 0. The summed E-state index contributed by atoms with van der Waals surface area (Å²) < 4.78 is 0. The van der Waals surface area contributed by atoms with Crippen LogP contribution >= 0.6 is 17.0 Å². The maximum absolute atomic E-state index is 4.74. The molecule has 26 heavy (non-hydrogen) atoms. The Balaban J connectivity index is 0.00000196. The quantitative estimate of drug-likeness (QED) is 0.522. The third-order valence-electron chi connectivity index (χ3n) is 4.14. The van der Waals surface area contributed by atoms with Crippen LogP contribution in [0.4, 0.5) is 5.82 Å². The summed E-state index contributed by atoms with van der Waals surface area (Å²) in [7, 11) is 4.10. The van der Waals surface area contributed by atoms with Gasteiger partial charge in [0.05, 0.1) is 6.33 Å². The average molecular weight is 413 g/mol. The summed E-state index contributed by atoms with van der Waals surface area (Å²) in [6.45, 7) is 1.72. The molecule has 0 fully saturated rings. The third-order valence-corrected chi connectivity index (χ3v) is 4.14. The van der Waals surface area contributed by atoms with E-state index in [1.807, 2.05) is 26.2 Å². The highest BCUT2D eigenvalue weighted by molar-refractivity contribution is 8.93. The van der Waals surface area contributed by atoms with Gasteiger partial charge < -0.3 is 15.2 Å². The van der Waals surface area contributed by atoms with Gasteiger partial charge in [-0.25, -0.2) is 15.0 Å². The van der Waals surface area contributed by atoms with Crippen LogP contribution in [0.1, 0.15) is 0 Å². The molecular weight excluding hydrogens is 392 g/mol. The number of imidazole rings is 1. The minimum Gasteiger partial charge on any atom is -0.367 e. The second kappa shape index (κ2) is 7.80. The molecule has 4 rings (SSSR count). The van der Waals surface area contributed by atoms with E-state index in [2.05, 4.69) is 55.5 Å². The number of benzene rings is 2. The molecule has 2 N–H and O–H groups in total. The van der Waals surface area contributed by atoms with Gasteiger partial charge in [-0.05, 0) is 30.9 Å². The minimum atomic E-state index is 0. The van der Waals surface area contributed by atoms with E-state index in [-0.39, 0.29) is 17.0 Å². The number of anilines is 1. The SMILES string of the molecule is Br.CN(C)CCNc1nc(-c2ccc3ccccc3c2)nc2nc[nH]c12. The Morgan fingerprint density at radius 1 is 1.04 bits per heavy atom. The third kappa shape index (κ3) is 3.68.